The van der Waals surface area contributed by atoms with Crippen molar-refractivity contribution in [3.05, 3.63) is 47.7 Å². The molecule has 0 amide bonds. The SMILES string of the molecule is O=C(O)c1nccc(-c2csc3ccccc23)n1. The van der Waals surface area contributed by atoms with Gasteiger partial charge in [0.05, 0.1) is 5.69 Å². The summed E-state index contributed by atoms with van der Waals surface area (Å²) < 4.78 is 1.16. The van der Waals surface area contributed by atoms with Crippen molar-refractivity contribution in [1.82, 2.24) is 9.97 Å². The van der Waals surface area contributed by atoms with E-state index in [1.54, 1.807) is 17.4 Å². The number of rotatable bonds is 2. The van der Waals surface area contributed by atoms with E-state index in [-0.39, 0.29) is 5.82 Å². The first-order chi connectivity index (χ1) is 8.75. The lowest BCUT2D eigenvalue weighted by molar-refractivity contribution is 0.0683. The summed E-state index contributed by atoms with van der Waals surface area (Å²) in [6.45, 7) is 0. The quantitative estimate of drug-likeness (QED) is 0.765. The first-order valence-electron chi connectivity index (χ1n) is 5.28. The molecule has 3 rings (SSSR count). The molecular formula is C13H8N2O2S. The molecule has 0 radical (unpaired) electrons. The third kappa shape index (κ3) is 1.74. The van der Waals surface area contributed by atoms with Crippen LogP contribution in [0.1, 0.15) is 10.6 Å². The molecule has 0 fully saturated rings. The summed E-state index contributed by atoms with van der Waals surface area (Å²) >= 11 is 1.62. The molecule has 5 heteroatoms. The van der Waals surface area contributed by atoms with Crippen LogP contribution in [-0.2, 0) is 0 Å². The van der Waals surface area contributed by atoms with Crippen LogP contribution in [0.2, 0.25) is 0 Å². The molecule has 2 heterocycles. The lowest BCUT2D eigenvalue weighted by Crippen LogP contribution is -2.03. The van der Waals surface area contributed by atoms with Crippen LogP contribution in [0, 0.1) is 0 Å². The summed E-state index contributed by atoms with van der Waals surface area (Å²) in [6.07, 6.45) is 1.47. The summed E-state index contributed by atoms with van der Waals surface area (Å²) in [7, 11) is 0. The Hall–Kier alpha value is -2.27. The lowest BCUT2D eigenvalue weighted by atomic mass is 10.1. The van der Waals surface area contributed by atoms with Crippen molar-refractivity contribution in [1.29, 1.82) is 0 Å². The van der Waals surface area contributed by atoms with Gasteiger partial charge in [-0.25, -0.2) is 14.8 Å². The van der Waals surface area contributed by atoms with Crippen LogP contribution >= 0.6 is 11.3 Å². The minimum Gasteiger partial charge on any atom is -0.475 e. The highest BCUT2D eigenvalue weighted by molar-refractivity contribution is 7.17. The van der Waals surface area contributed by atoms with Crippen LogP contribution in [0.25, 0.3) is 21.3 Å². The van der Waals surface area contributed by atoms with Crippen molar-refractivity contribution < 1.29 is 9.90 Å². The monoisotopic (exact) mass is 256 g/mol. The highest BCUT2D eigenvalue weighted by Gasteiger charge is 2.11. The molecular weight excluding hydrogens is 248 g/mol. The molecule has 0 aliphatic carbocycles. The minimum absolute atomic E-state index is 0.178. The molecule has 0 unspecified atom stereocenters. The van der Waals surface area contributed by atoms with Crippen molar-refractivity contribution in [2.45, 2.75) is 0 Å². The van der Waals surface area contributed by atoms with Crippen molar-refractivity contribution in [3.8, 4) is 11.3 Å². The molecule has 1 N–H and O–H groups in total. The predicted octanol–water partition coefficient (Wildman–Crippen LogP) is 3.06. The summed E-state index contributed by atoms with van der Waals surface area (Å²) in [5.74, 6) is -1.29. The fraction of sp³-hybridized carbons (Fsp3) is 0. The van der Waals surface area contributed by atoms with Gasteiger partial charge >= 0.3 is 5.97 Å². The average Bonchev–Trinajstić information content (AvgIpc) is 2.82. The van der Waals surface area contributed by atoms with Gasteiger partial charge < -0.3 is 5.11 Å². The molecule has 0 saturated heterocycles. The number of carbonyl (C=O) groups is 1. The van der Waals surface area contributed by atoms with Crippen LogP contribution in [0.3, 0.4) is 0 Å². The molecule has 1 aromatic carbocycles. The third-order valence-corrected chi connectivity index (χ3v) is 3.57. The summed E-state index contributed by atoms with van der Waals surface area (Å²) in [5, 5.41) is 12.0. The molecule has 0 spiro atoms. The summed E-state index contributed by atoms with van der Waals surface area (Å²) in [6, 6.07) is 9.69. The smallest absolute Gasteiger partial charge is 0.373 e. The van der Waals surface area contributed by atoms with Crippen molar-refractivity contribution in [2.75, 3.05) is 0 Å². The normalized spacial score (nSPS) is 10.7. The fourth-order valence-electron chi connectivity index (χ4n) is 1.79. The van der Waals surface area contributed by atoms with E-state index in [2.05, 4.69) is 9.97 Å². The molecule has 88 valence electrons. The van der Waals surface area contributed by atoms with Gasteiger partial charge in [-0.2, -0.15) is 0 Å². The van der Waals surface area contributed by atoms with Gasteiger partial charge in [0.2, 0.25) is 5.82 Å². The van der Waals surface area contributed by atoms with Crippen molar-refractivity contribution in [3.63, 3.8) is 0 Å². The van der Waals surface area contributed by atoms with Crippen molar-refractivity contribution >= 4 is 27.4 Å². The zero-order valence-electron chi connectivity index (χ0n) is 9.20. The Balaban J connectivity index is 2.20. The zero-order chi connectivity index (χ0) is 12.5. The standard InChI is InChI=1S/C13H8N2O2S/c16-13(17)12-14-6-5-10(15-12)9-7-18-11-4-2-1-3-8(9)11/h1-7H,(H,16,17). The number of hydrogen-bond donors (Lipinski definition) is 1. The second-order valence-corrected chi connectivity index (χ2v) is 4.63. The van der Waals surface area contributed by atoms with E-state index in [0.29, 0.717) is 5.69 Å². The Morgan fingerprint density at radius 2 is 2.06 bits per heavy atom. The second-order valence-electron chi connectivity index (χ2n) is 3.72. The number of fused-ring (bicyclic) bond motifs is 1. The van der Waals surface area contributed by atoms with Crippen molar-refractivity contribution in [2.24, 2.45) is 0 Å². The number of hydrogen-bond acceptors (Lipinski definition) is 4. The number of nitrogens with zero attached hydrogens (tertiary/aromatic N) is 2. The third-order valence-electron chi connectivity index (χ3n) is 2.60. The first-order valence-corrected chi connectivity index (χ1v) is 6.16. The van der Waals surface area contributed by atoms with Crippen LogP contribution in [-0.4, -0.2) is 21.0 Å². The molecule has 0 bridgehead atoms. The Kier molecular flexibility index (Phi) is 2.53. The Labute approximate surface area is 107 Å². The molecule has 0 aliphatic heterocycles. The maximum absolute atomic E-state index is 10.9. The van der Waals surface area contributed by atoms with Crippen LogP contribution < -0.4 is 0 Å². The van der Waals surface area contributed by atoms with Gasteiger partial charge in [-0.1, -0.05) is 18.2 Å². The van der Waals surface area contributed by atoms with Gasteiger partial charge in [0, 0.05) is 27.2 Å². The van der Waals surface area contributed by atoms with Gasteiger partial charge in [0.1, 0.15) is 0 Å². The zero-order valence-corrected chi connectivity index (χ0v) is 10.0. The number of carboxylic acids is 1. The molecule has 3 aromatic rings. The van der Waals surface area contributed by atoms with E-state index in [1.807, 2.05) is 29.6 Å². The molecule has 0 aliphatic rings. The molecule has 2 aromatic heterocycles. The maximum Gasteiger partial charge on any atom is 0.373 e. The number of thiophene rings is 1. The molecule has 18 heavy (non-hydrogen) atoms. The van der Waals surface area contributed by atoms with E-state index in [4.69, 9.17) is 5.11 Å². The number of carboxylic acid groups (broad SMARTS) is 1. The number of aromatic carboxylic acids is 1. The van der Waals surface area contributed by atoms with E-state index in [0.717, 1.165) is 15.6 Å². The predicted molar refractivity (Wildman–Crippen MR) is 69.8 cm³/mol. The first kappa shape index (κ1) is 10.9. The van der Waals surface area contributed by atoms with E-state index in [9.17, 15) is 4.79 Å². The van der Waals surface area contributed by atoms with E-state index < -0.39 is 5.97 Å². The number of aromatic nitrogens is 2. The Morgan fingerprint density at radius 3 is 2.89 bits per heavy atom. The molecule has 4 nitrogen and oxygen atoms in total. The summed E-state index contributed by atoms with van der Waals surface area (Å²) in [5.41, 5.74) is 1.58. The minimum atomic E-state index is -1.11. The Morgan fingerprint density at radius 1 is 1.22 bits per heavy atom. The van der Waals surface area contributed by atoms with Crippen LogP contribution in [0.15, 0.2) is 41.9 Å². The molecule has 0 atom stereocenters. The largest absolute Gasteiger partial charge is 0.475 e. The fourth-order valence-corrected chi connectivity index (χ4v) is 2.74. The maximum atomic E-state index is 10.9. The van der Waals surface area contributed by atoms with Gasteiger partial charge in [0.15, 0.2) is 0 Å². The highest BCUT2D eigenvalue weighted by Crippen LogP contribution is 2.32. The second kappa shape index (κ2) is 4.19. The topological polar surface area (TPSA) is 63.1 Å². The van der Waals surface area contributed by atoms with Gasteiger partial charge in [0.25, 0.3) is 0 Å². The van der Waals surface area contributed by atoms with Gasteiger partial charge in [-0.3, -0.25) is 0 Å². The van der Waals surface area contributed by atoms with Gasteiger partial charge in [-0.05, 0) is 12.1 Å². The Bertz CT molecular complexity index is 736. The number of benzene rings is 1. The van der Waals surface area contributed by atoms with E-state index in [1.165, 1.54) is 6.20 Å². The van der Waals surface area contributed by atoms with Crippen LogP contribution in [0.4, 0.5) is 0 Å². The molecule has 0 saturated carbocycles. The lowest BCUT2D eigenvalue weighted by Gasteiger charge is -1.99. The summed E-state index contributed by atoms with van der Waals surface area (Å²) in [4.78, 5) is 18.6. The van der Waals surface area contributed by atoms with Gasteiger partial charge in [-0.15, -0.1) is 11.3 Å². The van der Waals surface area contributed by atoms with E-state index >= 15 is 0 Å². The van der Waals surface area contributed by atoms with Crippen LogP contribution in [0.5, 0.6) is 0 Å². The average molecular weight is 256 g/mol. The highest BCUT2D eigenvalue weighted by atomic mass is 32.1.